The molecular formula is C72H52N4OPtSi-2. The van der Waals surface area contributed by atoms with Gasteiger partial charge < -0.3 is 13.9 Å². The summed E-state index contributed by atoms with van der Waals surface area (Å²) in [6, 6.07) is 97.3. The fourth-order valence-electron chi connectivity index (χ4n) is 11.9. The standard InChI is InChI=1S/C72H52N4OSi.Pt/c1-72(2,3)51-42-43-73-70(45-51)76-67-39-18-17-36-64(67)65-41-40-54(47-68(65)76)77-53-24-20-23-52(46-53)74-48-69-63-35-16-15-33-61(63)60-32-13-14-34-62(60)66-38-21-37-59(71(66)75(69)49-74)50-22-19-31-58(44-50)78(55-25-7-4-8-26-55,56-27-9-5-10-28-56)57-29-11-6-12-30-57;/h4-45,48H,1-3H3;/q-2;. The summed E-state index contributed by atoms with van der Waals surface area (Å²) in [5.74, 6) is 1.98. The van der Waals surface area contributed by atoms with Crippen molar-refractivity contribution in [3.05, 3.63) is 285 Å². The van der Waals surface area contributed by atoms with Crippen LogP contribution in [0.15, 0.2) is 261 Å². The molecule has 0 amide bonds. The first-order valence-electron chi connectivity index (χ1n) is 26.6. The normalized spacial score (nSPS) is 11.9. The summed E-state index contributed by atoms with van der Waals surface area (Å²) in [6.45, 7) is 6.69. The maximum atomic E-state index is 6.75. The van der Waals surface area contributed by atoms with Crippen LogP contribution >= 0.6 is 0 Å². The Morgan fingerprint density at radius 3 is 1.73 bits per heavy atom. The fraction of sp³-hybridized carbons (Fsp3) is 0.0556. The van der Waals surface area contributed by atoms with E-state index >= 15 is 0 Å². The summed E-state index contributed by atoms with van der Waals surface area (Å²) in [4.78, 5) is 4.89. The Hall–Kier alpha value is -8.93. The van der Waals surface area contributed by atoms with Gasteiger partial charge in [0.1, 0.15) is 5.82 Å². The minimum Gasteiger partial charge on any atom is -0.510 e. The molecule has 3 aromatic heterocycles. The minimum absolute atomic E-state index is 0. The molecule has 0 fully saturated rings. The maximum absolute atomic E-state index is 6.75. The number of para-hydroxylation sites is 2. The Morgan fingerprint density at radius 1 is 0.481 bits per heavy atom. The van der Waals surface area contributed by atoms with E-state index < -0.39 is 8.07 Å². The average molecular weight is 1210 g/mol. The zero-order chi connectivity index (χ0) is 52.4. The Morgan fingerprint density at radius 2 is 1.04 bits per heavy atom. The number of hydrogen-bond acceptors (Lipinski definition) is 2. The molecule has 1 aliphatic heterocycles. The topological polar surface area (TPSA) is 35.9 Å². The van der Waals surface area contributed by atoms with Gasteiger partial charge in [-0.05, 0) is 99.9 Å². The van der Waals surface area contributed by atoms with E-state index in [2.05, 4.69) is 290 Å². The molecule has 4 heterocycles. The van der Waals surface area contributed by atoms with Gasteiger partial charge in [0.25, 0.3) is 6.33 Å². The second-order valence-corrected chi connectivity index (χ2v) is 24.9. The molecule has 14 rings (SSSR count). The molecule has 0 bridgehead atoms. The van der Waals surface area contributed by atoms with Crippen molar-refractivity contribution in [1.29, 1.82) is 0 Å². The SMILES string of the molecule is CC(C)(C)c1ccnc(-n2c3[c-]c(Oc4[c-]c(-n5[c-][n+]6c(c5)-c5ccccc5-c5ccccc5-c5cccc(-c7cccc([Si](c8ccccc8)(c8ccccc8)c8ccccc8)c7)c5-6)ccc4)ccc3c3ccccc32)c1.[Pt]. The van der Waals surface area contributed by atoms with Gasteiger partial charge in [-0.2, -0.15) is 18.2 Å². The van der Waals surface area contributed by atoms with E-state index in [0.717, 1.165) is 78.1 Å². The number of hydrogen-bond donors (Lipinski definition) is 0. The molecule has 0 atom stereocenters. The second-order valence-electron chi connectivity index (χ2n) is 21.1. The van der Waals surface area contributed by atoms with E-state index in [1.54, 1.807) is 0 Å². The smallest absolute Gasteiger partial charge is 0.267 e. The molecule has 0 saturated carbocycles. The number of imidazole rings is 1. The number of pyridine rings is 1. The Kier molecular flexibility index (Phi) is 12.6. The molecule has 13 aromatic rings. The van der Waals surface area contributed by atoms with Gasteiger partial charge >= 0.3 is 0 Å². The third-order valence-corrected chi connectivity index (χ3v) is 20.3. The van der Waals surface area contributed by atoms with Crippen molar-refractivity contribution in [2.75, 3.05) is 0 Å². The summed E-state index contributed by atoms with van der Waals surface area (Å²) >= 11 is 0. The average Bonchev–Trinajstić information content (AvgIpc) is 4.33. The molecule has 0 radical (unpaired) electrons. The first-order valence-corrected chi connectivity index (χ1v) is 28.6. The van der Waals surface area contributed by atoms with Crippen molar-refractivity contribution in [3.8, 4) is 73.3 Å². The van der Waals surface area contributed by atoms with E-state index in [4.69, 9.17) is 9.72 Å². The maximum Gasteiger partial charge on any atom is 0.267 e. The van der Waals surface area contributed by atoms with Crippen molar-refractivity contribution >= 4 is 50.6 Å². The van der Waals surface area contributed by atoms with Gasteiger partial charge in [0.05, 0.1) is 11.4 Å². The van der Waals surface area contributed by atoms with Crippen LogP contribution in [-0.4, -0.2) is 22.2 Å². The van der Waals surface area contributed by atoms with Crippen molar-refractivity contribution in [1.82, 2.24) is 14.1 Å². The molecule has 0 unspecified atom stereocenters. The third-order valence-electron chi connectivity index (χ3n) is 15.5. The predicted molar refractivity (Wildman–Crippen MR) is 320 cm³/mol. The van der Waals surface area contributed by atoms with Crippen LogP contribution in [0.25, 0.3) is 83.6 Å². The third kappa shape index (κ3) is 8.51. The molecule has 5 nitrogen and oxygen atoms in total. The molecule has 10 aromatic carbocycles. The van der Waals surface area contributed by atoms with Crippen LogP contribution in [0.3, 0.4) is 0 Å². The molecule has 0 N–H and O–H groups in total. The van der Waals surface area contributed by atoms with Gasteiger partial charge in [0.2, 0.25) is 0 Å². The summed E-state index contributed by atoms with van der Waals surface area (Å²) in [5, 5.41) is 7.51. The molecule has 0 saturated heterocycles. The predicted octanol–water partition coefficient (Wildman–Crippen LogP) is 14.1. The number of ether oxygens (including phenoxy) is 1. The number of aromatic nitrogens is 4. The van der Waals surface area contributed by atoms with Crippen LogP contribution in [0.1, 0.15) is 26.3 Å². The van der Waals surface area contributed by atoms with Gasteiger partial charge in [-0.25, -0.2) is 4.98 Å². The van der Waals surface area contributed by atoms with Crippen LogP contribution in [0.4, 0.5) is 0 Å². The minimum atomic E-state index is -2.86. The van der Waals surface area contributed by atoms with Crippen molar-refractivity contribution in [2.45, 2.75) is 26.2 Å². The van der Waals surface area contributed by atoms with Crippen LogP contribution in [0, 0.1) is 18.5 Å². The molecule has 0 spiro atoms. The number of benzene rings is 10. The number of rotatable bonds is 9. The zero-order valence-electron chi connectivity index (χ0n) is 43.8. The number of nitrogens with zero attached hydrogens (tertiary/aromatic N) is 4. The van der Waals surface area contributed by atoms with E-state index in [-0.39, 0.29) is 26.5 Å². The van der Waals surface area contributed by atoms with E-state index in [0.29, 0.717) is 11.5 Å². The summed E-state index contributed by atoms with van der Waals surface area (Å²) in [5.41, 5.74) is 13.9. The Bertz CT molecular complexity index is 4310. The van der Waals surface area contributed by atoms with Gasteiger partial charge in [0, 0.05) is 50.5 Å². The van der Waals surface area contributed by atoms with Crippen molar-refractivity contribution in [3.63, 3.8) is 0 Å². The van der Waals surface area contributed by atoms with Crippen molar-refractivity contribution in [2.24, 2.45) is 0 Å². The molecule has 7 heteroatoms. The summed E-state index contributed by atoms with van der Waals surface area (Å²) in [6.07, 6.45) is 7.98. The fourth-order valence-corrected chi connectivity index (χ4v) is 16.7. The molecular weight excluding hydrogens is 1160 g/mol. The molecule has 382 valence electrons. The van der Waals surface area contributed by atoms with Gasteiger partial charge in [-0.1, -0.05) is 226 Å². The largest absolute Gasteiger partial charge is 0.510 e. The first-order chi connectivity index (χ1) is 38.3. The molecule has 0 aliphatic carbocycles. The van der Waals surface area contributed by atoms with E-state index in [9.17, 15) is 0 Å². The van der Waals surface area contributed by atoms with E-state index in [1.165, 1.54) is 31.9 Å². The summed E-state index contributed by atoms with van der Waals surface area (Å²) < 4.78 is 13.3. The first kappa shape index (κ1) is 49.6. The monoisotopic (exact) mass is 1210 g/mol. The second kappa shape index (κ2) is 20.1. The Balaban J connectivity index is 0.00000591. The van der Waals surface area contributed by atoms with Crippen molar-refractivity contribution < 1.29 is 30.4 Å². The van der Waals surface area contributed by atoms with Gasteiger partial charge in [-0.3, -0.25) is 4.57 Å². The van der Waals surface area contributed by atoms with Crippen LogP contribution in [0.5, 0.6) is 11.5 Å². The Labute approximate surface area is 476 Å². The molecule has 1 aliphatic rings. The van der Waals surface area contributed by atoms with Gasteiger partial charge in [-0.15, -0.1) is 29.7 Å². The quantitative estimate of drug-likeness (QED) is 0.0625. The number of fused-ring (bicyclic) bond motifs is 11. The van der Waals surface area contributed by atoms with Crippen LogP contribution < -0.4 is 30.1 Å². The zero-order valence-corrected chi connectivity index (χ0v) is 47.1. The van der Waals surface area contributed by atoms with Gasteiger partial charge in [0.15, 0.2) is 8.07 Å². The van der Waals surface area contributed by atoms with E-state index in [1.807, 2.05) is 24.4 Å². The molecule has 79 heavy (non-hydrogen) atoms. The van der Waals surface area contributed by atoms with Crippen LogP contribution in [0.2, 0.25) is 0 Å². The van der Waals surface area contributed by atoms with Crippen LogP contribution in [-0.2, 0) is 26.5 Å². The summed E-state index contributed by atoms with van der Waals surface area (Å²) in [7, 11) is -2.86.